The summed E-state index contributed by atoms with van der Waals surface area (Å²) < 4.78 is 14.9. The number of carbonyl (C=O) groups is 2. The van der Waals surface area contributed by atoms with E-state index < -0.39 is 11.8 Å². The van der Waals surface area contributed by atoms with E-state index in [-0.39, 0.29) is 22.7 Å². The molecule has 18 heavy (non-hydrogen) atoms. The Hall–Kier alpha value is -2.50. The molecule has 0 radical (unpaired) electrons. The number of halogens is 1. The van der Waals surface area contributed by atoms with Crippen molar-refractivity contribution in [1.82, 2.24) is 9.78 Å². The molecule has 1 N–H and O–H groups in total. The summed E-state index contributed by atoms with van der Waals surface area (Å²) in [4.78, 5) is 21.7. The Bertz CT molecular complexity index is 634. The van der Waals surface area contributed by atoms with Gasteiger partial charge in [-0.2, -0.15) is 5.10 Å². The van der Waals surface area contributed by atoms with E-state index in [1.165, 1.54) is 31.3 Å². The minimum atomic E-state index is -1.19. The summed E-state index contributed by atoms with van der Waals surface area (Å²) in [5.41, 5.74) is 0.166. The average molecular weight is 248 g/mol. The maximum atomic E-state index is 13.7. The molecule has 0 atom stereocenters. The SMILES string of the molecule is CC(=O)c1ccc(-n2ccc(C(=O)O)n2)c(F)c1. The van der Waals surface area contributed by atoms with Gasteiger partial charge < -0.3 is 5.11 Å². The summed E-state index contributed by atoms with van der Waals surface area (Å²) in [6.07, 6.45) is 1.34. The minimum absolute atomic E-state index is 0.0903. The number of carbonyl (C=O) groups excluding carboxylic acids is 1. The molecule has 2 aromatic rings. The summed E-state index contributed by atoms with van der Waals surface area (Å²) in [6, 6.07) is 5.20. The fourth-order valence-electron chi connectivity index (χ4n) is 1.48. The average Bonchev–Trinajstić information content (AvgIpc) is 2.78. The zero-order valence-corrected chi connectivity index (χ0v) is 9.42. The molecule has 0 saturated carbocycles. The monoisotopic (exact) mass is 248 g/mol. The maximum absolute atomic E-state index is 13.7. The van der Waals surface area contributed by atoms with E-state index in [9.17, 15) is 14.0 Å². The van der Waals surface area contributed by atoms with Gasteiger partial charge in [-0.3, -0.25) is 4.79 Å². The lowest BCUT2D eigenvalue weighted by Gasteiger charge is -2.04. The number of nitrogens with zero attached hydrogens (tertiary/aromatic N) is 2. The molecule has 5 nitrogen and oxygen atoms in total. The van der Waals surface area contributed by atoms with E-state index in [4.69, 9.17) is 5.11 Å². The molecule has 6 heteroatoms. The summed E-state index contributed by atoms with van der Waals surface area (Å²) in [5, 5.41) is 12.4. The van der Waals surface area contributed by atoms with Gasteiger partial charge in [-0.25, -0.2) is 13.9 Å². The van der Waals surface area contributed by atoms with E-state index in [1.54, 1.807) is 0 Å². The number of aromatic nitrogens is 2. The molecule has 0 fully saturated rings. The third-order valence-electron chi connectivity index (χ3n) is 2.41. The van der Waals surface area contributed by atoms with Gasteiger partial charge in [-0.15, -0.1) is 0 Å². The molecule has 1 aromatic carbocycles. The number of hydrogen-bond acceptors (Lipinski definition) is 3. The molecule has 0 saturated heterocycles. The van der Waals surface area contributed by atoms with Crippen LogP contribution in [0, 0.1) is 5.82 Å². The summed E-state index contributed by atoms with van der Waals surface area (Å²) in [5.74, 6) is -2.07. The van der Waals surface area contributed by atoms with E-state index in [0.717, 1.165) is 10.7 Å². The van der Waals surface area contributed by atoms with Crippen LogP contribution in [0.3, 0.4) is 0 Å². The zero-order valence-electron chi connectivity index (χ0n) is 9.42. The lowest BCUT2D eigenvalue weighted by Crippen LogP contribution is -2.04. The molecule has 0 aliphatic rings. The number of hydrogen-bond donors (Lipinski definition) is 1. The van der Waals surface area contributed by atoms with Crippen LogP contribution in [0.15, 0.2) is 30.5 Å². The first-order valence-electron chi connectivity index (χ1n) is 5.09. The number of aromatic carboxylic acids is 1. The Morgan fingerprint density at radius 3 is 2.56 bits per heavy atom. The van der Waals surface area contributed by atoms with Crippen LogP contribution in [0.1, 0.15) is 27.8 Å². The van der Waals surface area contributed by atoms with Crippen LogP contribution in [0.2, 0.25) is 0 Å². The molecule has 1 aromatic heterocycles. The predicted molar refractivity (Wildman–Crippen MR) is 60.5 cm³/mol. The fraction of sp³-hybridized carbons (Fsp3) is 0.0833. The maximum Gasteiger partial charge on any atom is 0.356 e. The van der Waals surface area contributed by atoms with Gasteiger partial charge in [0.25, 0.3) is 0 Å². The first-order valence-corrected chi connectivity index (χ1v) is 5.09. The molecule has 0 bridgehead atoms. The number of Topliss-reactive ketones (excluding diaryl/α,β-unsaturated/α-hetero) is 1. The van der Waals surface area contributed by atoms with Gasteiger partial charge in [0.05, 0.1) is 0 Å². The van der Waals surface area contributed by atoms with Crippen molar-refractivity contribution in [2.45, 2.75) is 6.92 Å². The number of carboxylic acids is 1. The molecule has 0 amide bonds. The normalized spacial score (nSPS) is 10.3. The van der Waals surface area contributed by atoms with Crippen LogP contribution in [0.5, 0.6) is 0 Å². The van der Waals surface area contributed by atoms with Crippen LogP contribution in [-0.4, -0.2) is 26.6 Å². The van der Waals surface area contributed by atoms with E-state index in [1.807, 2.05) is 0 Å². The highest BCUT2D eigenvalue weighted by Crippen LogP contribution is 2.15. The quantitative estimate of drug-likeness (QED) is 0.842. The Morgan fingerprint density at radius 1 is 1.33 bits per heavy atom. The lowest BCUT2D eigenvalue weighted by atomic mass is 10.1. The number of benzene rings is 1. The molecule has 92 valence electrons. The molecule has 1 heterocycles. The molecule has 0 aliphatic carbocycles. The van der Waals surface area contributed by atoms with Gasteiger partial charge in [-0.05, 0) is 31.2 Å². The topological polar surface area (TPSA) is 72.2 Å². The van der Waals surface area contributed by atoms with Crippen molar-refractivity contribution in [1.29, 1.82) is 0 Å². The van der Waals surface area contributed by atoms with Gasteiger partial charge in [0.1, 0.15) is 11.5 Å². The number of ketones is 1. The first-order chi connectivity index (χ1) is 8.49. The Morgan fingerprint density at radius 2 is 2.06 bits per heavy atom. The minimum Gasteiger partial charge on any atom is -0.476 e. The van der Waals surface area contributed by atoms with Crippen LogP contribution < -0.4 is 0 Å². The lowest BCUT2D eigenvalue weighted by molar-refractivity contribution is 0.0689. The molecular weight excluding hydrogens is 239 g/mol. The van der Waals surface area contributed by atoms with Crippen LogP contribution in [-0.2, 0) is 0 Å². The van der Waals surface area contributed by atoms with Gasteiger partial charge in [0.2, 0.25) is 0 Å². The third-order valence-corrected chi connectivity index (χ3v) is 2.41. The highest BCUT2D eigenvalue weighted by atomic mass is 19.1. The highest BCUT2D eigenvalue weighted by molar-refractivity contribution is 5.94. The molecule has 2 rings (SSSR count). The van der Waals surface area contributed by atoms with E-state index >= 15 is 0 Å². The smallest absolute Gasteiger partial charge is 0.356 e. The second kappa shape index (κ2) is 4.40. The van der Waals surface area contributed by atoms with Crippen LogP contribution in [0.25, 0.3) is 5.69 Å². The van der Waals surface area contributed by atoms with Crippen molar-refractivity contribution in [2.24, 2.45) is 0 Å². The number of carboxylic acid groups (broad SMARTS) is 1. The van der Waals surface area contributed by atoms with Gasteiger partial charge >= 0.3 is 5.97 Å². The Kier molecular flexibility index (Phi) is 2.93. The van der Waals surface area contributed by atoms with Crippen molar-refractivity contribution in [3.05, 3.63) is 47.5 Å². The Balaban J connectivity index is 2.44. The van der Waals surface area contributed by atoms with E-state index in [0.29, 0.717) is 0 Å². The van der Waals surface area contributed by atoms with Crippen molar-refractivity contribution in [3.8, 4) is 5.69 Å². The predicted octanol–water partition coefficient (Wildman–Crippen LogP) is 1.91. The zero-order chi connectivity index (χ0) is 13.3. The van der Waals surface area contributed by atoms with Crippen molar-refractivity contribution < 1.29 is 19.1 Å². The van der Waals surface area contributed by atoms with Crippen molar-refractivity contribution in [2.75, 3.05) is 0 Å². The van der Waals surface area contributed by atoms with Crippen LogP contribution >= 0.6 is 0 Å². The summed E-state index contributed by atoms with van der Waals surface area (Å²) in [7, 11) is 0. The standard InChI is InChI=1S/C12H9FN2O3/c1-7(16)8-2-3-11(9(13)6-8)15-5-4-10(14-15)12(17)18/h2-6H,1H3,(H,17,18). The molecule has 0 spiro atoms. The molecule has 0 unspecified atom stereocenters. The second-order valence-electron chi connectivity index (χ2n) is 3.67. The summed E-state index contributed by atoms with van der Waals surface area (Å²) >= 11 is 0. The van der Waals surface area contributed by atoms with Crippen molar-refractivity contribution in [3.63, 3.8) is 0 Å². The fourth-order valence-corrected chi connectivity index (χ4v) is 1.48. The largest absolute Gasteiger partial charge is 0.476 e. The second-order valence-corrected chi connectivity index (χ2v) is 3.67. The molecule has 0 aliphatic heterocycles. The van der Waals surface area contributed by atoms with E-state index in [2.05, 4.69) is 5.10 Å². The van der Waals surface area contributed by atoms with Gasteiger partial charge in [0, 0.05) is 11.8 Å². The van der Waals surface area contributed by atoms with Gasteiger partial charge in [0.15, 0.2) is 11.5 Å². The molecular formula is C12H9FN2O3. The first kappa shape index (κ1) is 12.0. The van der Waals surface area contributed by atoms with Crippen LogP contribution in [0.4, 0.5) is 4.39 Å². The summed E-state index contributed by atoms with van der Waals surface area (Å²) in [6.45, 7) is 1.34. The van der Waals surface area contributed by atoms with Crippen molar-refractivity contribution >= 4 is 11.8 Å². The highest BCUT2D eigenvalue weighted by Gasteiger charge is 2.12. The third kappa shape index (κ3) is 2.13. The van der Waals surface area contributed by atoms with Gasteiger partial charge in [-0.1, -0.05) is 0 Å². The Labute approximate surface area is 101 Å². The number of rotatable bonds is 3.